The third-order valence-corrected chi connectivity index (χ3v) is 15.7. The van der Waals surface area contributed by atoms with E-state index in [1.807, 2.05) is 6.08 Å². The Balaban J connectivity index is 3.35. The van der Waals surface area contributed by atoms with Crippen molar-refractivity contribution in [2.75, 3.05) is 13.2 Å². The van der Waals surface area contributed by atoms with Crippen molar-refractivity contribution in [1.29, 1.82) is 0 Å². The summed E-state index contributed by atoms with van der Waals surface area (Å²) in [4.78, 5) is 24.5. The van der Waals surface area contributed by atoms with Gasteiger partial charge in [-0.15, -0.1) is 0 Å². The predicted molar refractivity (Wildman–Crippen MR) is 324 cm³/mol. The first-order valence-corrected chi connectivity index (χ1v) is 33.6. The smallest absolute Gasteiger partial charge is 0.305 e. The zero-order valence-electron chi connectivity index (χ0n) is 50.1. The molecule has 0 bridgehead atoms. The van der Waals surface area contributed by atoms with Gasteiger partial charge in [0.2, 0.25) is 5.91 Å². The number of nitrogens with one attached hydrogen (secondary N) is 1. The Morgan fingerprint density at radius 3 is 0.959 bits per heavy atom. The van der Waals surface area contributed by atoms with Crippen LogP contribution in [0.1, 0.15) is 373 Å². The lowest BCUT2D eigenvalue weighted by Crippen LogP contribution is -2.45. The minimum absolute atomic E-state index is 0.0201. The summed E-state index contributed by atoms with van der Waals surface area (Å²) >= 11 is 0. The maximum atomic E-state index is 12.4. The summed E-state index contributed by atoms with van der Waals surface area (Å²) in [5.74, 6) is -0.0456. The molecule has 3 N–H and O–H groups in total. The quantitative estimate of drug-likeness (QED) is 0.0320. The van der Waals surface area contributed by atoms with Crippen LogP contribution in [0.5, 0.6) is 0 Å². The molecule has 0 heterocycles. The number of aliphatic hydroxyl groups is 2. The minimum Gasteiger partial charge on any atom is -0.466 e. The molecule has 2 atom stereocenters. The fraction of sp³-hybridized carbons (Fsp3) is 0.912. The number of amides is 1. The zero-order chi connectivity index (χ0) is 53.6. The summed E-state index contributed by atoms with van der Waals surface area (Å²) in [6.45, 7) is 4.92. The van der Waals surface area contributed by atoms with Gasteiger partial charge in [0.25, 0.3) is 0 Å². The molecule has 0 aliphatic heterocycles. The lowest BCUT2D eigenvalue weighted by Gasteiger charge is -2.20. The number of unbranched alkanes of at least 4 members (excludes halogenated alkanes) is 50. The van der Waals surface area contributed by atoms with E-state index < -0.39 is 12.1 Å². The van der Waals surface area contributed by atoms with Crippen molar-refractivity contribution in [2.24, 2.45) is 0 Å². The van der Waals surface area contributed by atoms with E-state index in [0.29, 0.717) is 19.4 Å². The van der Waals surface area contributed by atoms with Gasteiger partial charge >= 0.3 is 5.97 Å². The first-order chi connectivity index (χ1) is 36.5. The summed E-state index contributed by atoms with van der Waals surface area (Å²) in [6.07, 6.45) is 79.7. The zero-order valence-corrected chi connectivity index (χ0v) is 50.1. The van der Waals surface area contributed by atoms with Gasteiger partial charge in [0.05, 0.1) is 25.4 Å². The predicted octanol–water partition coefficient (Wildman–Crippen LogP) is 21.4. The molecule has 0 aromatic rings. The van der Waals surface area contributed by atoms with E-state index in [9.17, 15) is 19.8 Å². The number of esters is 1. The number of allylic oxidation sites excluding steroid dienone is 3. The summed E-state index contributed by atoms with van der Waals surface area (Å²) in [5, 5.41) is 23.1. The summed E-state index contributed by atoms with van der Waals surface area (Å²) in [6, 6.07) is -0.625. The van der Waals surface area contributed by atoms with Gasteiger partial charge < -0.3 is 20.3 Å². The van der Waals surface area contributed by atoms with Crippen LogP contribution in [0.2, 0.25) is 0 Å². The molecule has 2 unspecified atom stereocenters. The normalized spacial score (nSPS) is 12.6. The topological polar surface area (TPSA) is 95.9 Å². The molecule has 74 heavy (non-hydrogen) atoms. The van der Waals surface area contributed by atoms with Gasteiger partial charge in [-0.25, -0.2) is 0 Å². The number of rotatable bonds is 63. The standard InChI is InChI=1S/C68H131NO5/c1-3-5-7-9-11-13-15-17-34-38-42-46-50-54-58-62-68(73)74-63-59-55-51-47-43-39-36-33-31-29-27-25-23-21-19-18-20-22-24-26-28-30-32-35-37-41-45-49-53-57-61-67(72)69-65(64-70)66(71)60-56-52-48-44-40-16-14-12-10-8-6-4-2/h19,21,56,60,65-66,70-71H,3-18,20,22-55,57-59,61-64H2,1-2H3,(H,69,72)/b21-19-,60-56+. The molecule has 6 nitrogen and oxygen atoms in total. The molecular weight excluding hydrogens is 911 g/mol. The van der Waals surface area contributed by atoms with E-state index in [1.54, 1.807) is 6.08 Å². The second-order valence-corrected chi connectivity index (χ2v) is 23.2. The van der Waals surface area contributed by atoms with E-state index in [-0.39, 0.29) is 18.5 Å². The Hall–Kier alpha value is -1.66. The maximum absolute atomic E-state index is 12.4. The first-order valence-electron chi connectivity index (χ1n) is 33.6. The number of hydrogen-bond acceptors (Lipinski definition) is 5. The maximum Gasteiger partial charge on any atom is 0.305 e. The molecule has 0 rings (SSSR count). The van der Waals surface area contributed by atoms with Crippen molar-refractivity contribution in [3.63, 3.8) is 0 Å². The fourth-order valence-corrected chi connectivity index (χ4v) is 10.6. The minimum atomic E-state index is -0.842. The van der Waals surface area contributed by atoms with Crippen LogP contribution in [0.4, 0.5) is 0 Å². The Morgan fingerprint density at radius 2 is 0.635 bits per heavy atom. The monoisotopic (exact) mass is 1040 g/mol. The molecule has 0 fully saturated rings. The fourth-order valence-electron chi connectivity index (χ4n) is 10.6. The van der Waals surface area contributed by atoms with Crippen LogP contribution < -0.4 is 5.32 Å². The SMILES string of the molecule is CCCCCCCCCCCC/C=C/C(O)C(CO)NC(=O)CCCCCCCCCCCCCCCC/C=C\CCCCCCCCCCCCCCOC(=O)CCCCCCCCCCCCCCCCC. The van der Waals surface area contributed by atoms with Crippen LogP contribution in [-0.2, 0) is 14.3 Å². The van der Waals surface area contributed by atoms with E-state index >= 15 is 0 Å². The highest BCUT2D eigenvalue weighted by Crippen LogP contribution is 2.18. The van der Waals surface area contributed by atoms with Crippen LogP contribution in [0, 0.1) is 0 Å². The lowest BCUT2D eigenvalue weighted by molar-refractivity contribution is -0.143. The van der Waals surface area contributed by atoms with Crippen LogP contribution in [0.15, 0.2) is 24.3 Å². The summed E-state index contributed by atoms with van der Waals surface area (Å²) < 4.78 is 5.50. The number of carbonyl (C=O) groups excluding carboxylic acids is 2. The second kappa shape index (κ2) is 63.9. The lowest BCUT2D eigenvalue weighted by atomic mass is 10.0. The van der Waals surface area contributed by atoms with Crippen molar-refractivity contribution >= 4 is 11.9 Å². The number of ether oxygens (including phenoxy) is 1. The highest BCUT2D eigenvalue weighted by molar-refractivity contribution is 5.76. The Morgan fingerprint density at radius 1 is 0.365 bits per heavy atom. The third kappa shape index (κ3) is 59.6. The van der Waals surface area contributed by atoms with E-state index in [0.717, 1.165) is 38.5 Å². The van der Waals surface area contributed by atoms with E-state index in [2.05, 4.69) is 31.3 Å². The third-order valence-electron chi connectivity index (χ3n) is 15.7. The van der Waals surface area contributed by atoms with Gasteiger partial charge in [-0.1, -0.05) is 327 Å². The van der Waals surface area contributed by atoms with Crippen molar-refractivity contribution in [1.82, 2.24) is 5.32 Å². The second-order valence-electron chi connectivity index (χ2n) is 23.2. The van der Waals surface area contributed by atoms with Gasteiger partial charge in [0.1, 0.15) is 0 Å². The Labute approximate surface area is 462 Å². The van der Waals surface area contributed by atoms with Gasteiger partial charge in [-0.3, -0.25) is 9.59 Å². The molecule has 0 aliphatic rings. The van der Waals surface area contributed by atoms with Crippen molar-refractivity contribution < 1.29 is 24.5 Å². The van der Waals surface area contributed by atoms with E-state index in [1.165, 1.54) is 308 Å². The average Bonchev–Trinajstić information content (AvgIpc) is 3.40. The van der Waals surface area contributed by atoms with Crippen molar-refractivity contribution in [2.45, 2.75) is 386 Å². The first kappa shape index (κ1) is 72.3. The largest absolute Gasteiger partial charge is 0.466 e. The summed E-state index contributed by atoms with van der Waals surface area (Å²) in [5.41, 5.74) is 0. The number of aliphatic hydroxyl groups excluding tert-OH is 2. The average molecular weight is 1040 g/mol. The molecule has 0 aromatic carbocycles. The van der Waals surface area contributed by atoms with Gasteiger partial charge in [-0.2, -0.15) is 0 Å². The van der Waals surface area contributed by atoms with E-state index in [4.69, 9.17) is 4.74 Å². The molecule has 1 amide bonds. The van der Waals surface area contributed by atoms with Crippen molar-refractivity contribution in [3.8, 4) is 0 Å². The molecule has 0 radical (unpaired) electrons. The number of carbonyl (C=O) groups is 2. The molecular formula is C68H131NO5. The van der Waals surface area contributed by atoms with Gasteiger partial charge in [-0.05, 0) is 57.8 Å². The molecule has 0 saturated carbocycles. The van der Waals surface area contributed by atoms with Gasteiger partial charge in [0, 0.05) is 12.8 Å². The highest BCUT2D eigenvalue weighted by Gasteiger charge is 2.18. The number of hydrogen-bond donors (Lipinski definition) is 3. The molecule has 0 spiro atoms. The van der Waals surface area contributed by atoms with Crippen LogP contribution >= 0.6 is 0 Å². The highest BCUT2D eigenvalue weighted by atomic mass is 16.5. The summed E-state index contributed by atoms with van der Waals surface area (Å²) in [7, 11) is 0. The molecule has 0 saturated heterocycles. The van der Waals surface area contributed by atoms with Gasteiger partial charge in [0.15, 0.2) is 0 Å². The Kier molecular flexibility index (Phi) is 62.4. The molecule has 0 aliphatic carbocycles. The molecule has 438 valence electrons. The molecule has 0 aromatic heterocycles. The Bertz CT molecular complexity index is 1150. The van der Waals surface area contributed by atoms with Crippen LogP contribution in [0.25, 0.3) is 0 Å². The molecule has 6 heteroatoms. The van der Waals surface area contributed by atoms with Crippen LogP contribution in [0.3, 0.4) is 0 Å². The van der Waals surface area contributed by atoms with Crippen molar-refractivity contribution in [3.05, 3.63) is 24.3 Å². The van der Waals surface area contributed by atoms with Crippen LogP contribution in [-0.4, -0.2) is 47.4 Å².